The van der Waals surface area contributed by atoms with Crippen LogP contribution in [0.15, 0.2) is 42.5 Å². The van der Waals surface area contributed by atoms with Crippen LogP contribution < -0.4 is 15.0 Å². The Morgan fingerprint density at radius 1 is 1.26 bits per heavy atom. The highest BCUT2D eigenvalue weighted by Crippen LogP contribution is 2.25. The lowest BCUT2D eigenvalue weighted by atomic mass is 10.1. The van der Waals surface area contributed by atoms with Crippen molar-refractivity contribution in [3.63, 3.8) is 0 Å². The largest absolute Gasteiger partial charge is 0.489 e. The minimum Gasteiger partial charge on any atom is -0.489 e. The third kappa shape index (κ3) is 4.93. The van der Waals surface area contributed by atoms with Gasteiger partial charge in [0.15, 0.2) is 0 Å². The fourth-order valence-electron chi connectivity index (χ4n) is 3.19. The molecule has 1 aliphatic heterocycles. The fourth-order valence-corrected chi connectivity index (χ4v) is 3.19. The molecule has 1 aliphatic rings. The molecule has 1 aromatic heterocycles. The Morgan fingerprint density at radius 2 is 2.00 bits per heavy atom. The molecule has 2 aromatic rings. The topological polar surface area (TPSA) is 54.5 Å². The van der Waals surface area contributed by atoms with Crippen LogP contribution in [0.1, 0.15) is 44.0 Å². The number of amides is 1. The SMILES string of the molecule is CC(=O)N[C@@H](C)c1ccc(O[C@@H]2CCN(c3cccc(C(F)F)n3)C2)cc1. The Balaban J connectivity index is 1.58. The number of alkyl halides is 2. The number of nitrogens with zero attached hydrogens (tertiary/aromatic N) is 2. The average Bonchev–Trinajstić information content (AvgIpc) is 3.10. The molecule has 2 atom stereocenters. The summed E-state index contributed by atoms with van der Waals surface area (Å²) in [6, 6.07) is 12.2. The van der Waals surface area contributed by atoms with Gasteiger partial charge < -0.3 is 15.0 Å². The first-order valence-corrected chi connectivity index (χ1v) is 8.96. The molecule has 0 spiro atoms. The molecule has 1 N–H and O–H groups in total. The lowest BCUT2D eigenvalue weighted by molar-refractivity contribution is -0.119. The summed E-state index contributed by atoms with van der Waals surface area (Å²) < 4.78 is 31.7. The molecular weight excluding hydrogens is 352 g/mol. The first-order valence-electron chi connectivity index (χ1n) is 8.96. The number of aromatic nitrogens is 1. The standard InChI is InChI=1S/C20H23F2N3O2/c1-13(23-14(2)26)15-6-8-16(9-7-15)27-17-10-11-25(12-17)19-5-3-4-18(24-19)20(21)22/h3-9,13,17,20H,10-12H2,1-2H3,(H,23,26)/t13-,17+/m0/s1. The van der Waals surface area contributed by atoms with Gasteiger partial charge in [0.2, 0.25) is 5.91 Å². The second kappa shape index (κ2) is 8.33. The molecule has 0 aliphatic carbocycles. The van der Waals surface area contributed by atoms with E-state index >= 15 is 0 Å². The molecule has 5 nitrogen and oxygen atoms in total. The van der Waals surface area contributed by atoms with Gasteiger partial charge in [0.1, 0.15) is 23.4 Å². The van der Waals surface area contributed by atoms with Crippen LogP contribution in [0.25, 0.3) is 0 Å². The fraction of sp³-hybridized carbons (Fsp3) is 0.400. The molecule has 0 bridgehead atoms. The summed E-state index contributed by atoms with van der Waals surface area (Å²) in [6.07, 6.45) is -1.80. The predicted molar refractivity (Wildman–Crippen MR) is 99.1 cm³/mol. The van der Waals surface area contributed by atoms with E-state index in [1.807, 2.05) is 36.1 Å². The van der Waals surface area contributed by atoms with Crippen molar-refractivity contribution in [1.29, 1.82) is 0 Å². The van der Waals surface area contributed by atoms with Gasteiger partial charge in [0, 0.05) is 19.9 Å². The molecule has 0 radical (unpaired) electrons. The van der Waals surface area contributed by atoms with E-state index < -0.39 is 6.43 Å². The summed E-state index contributed by atoms with van der Waals surface area (Å²) >= 11 is 0. The van der Waals surface area contributed by atoms with Gasteiger partial charge in [-0.3, -0.25) is 4.79 Å². The highest BCUT2D eigenvalue weighted by molar-refractivity contribution is 5.73. The second-order valence-corrected chi connectivity index (χ2v) is 6.69. The number of benzene rings is 1. The molecule has 0 saturated carbocycles. The average molecular weight is 375 g/mol. The van der Waals surface area contributed by atoms with Crippen molar-refractivity contribution in [2.45, 2.75) is 38.8 Å². The Labute approximate surface area is 157 Å². The molecular formula is C20H23F2N3O2. The number of hydrogen-bond acceptors (Lipinski definition) is 4. The van der Waals surface area contributed by atoms with Crippen molar-refractivity contribution in [3.8, 4) is 5.75 Å². The Morgan fingerprint density at radius 3 is 2.67 bits per heavy atom. The van der Waals surface area contributed by atoms with E-state index in [0.29, 0.717) is 18.9 Å². The molecule has 0 unspecified atom stereocenters. The number of ether oxygens (including phenoxy) is 1. The van der Waals surface area contributed by atoms with E-state index in [4.69, 9.17) is 4.74 Å². The minimum atomic E-state index is -2.57. The van der Waals surface area contributed by atoms with Gasteiger partial charge in [0.05, 0.1) is 12.6 Å². The number of carbonyl (C=O) groups excluding carboxylic acids is 1. The molecule has 1 saturated heterocycles. The third-order valence-electron chi connectivity index (χ3n) is 4.55. The van der Waals surface area contributed by atoms with E-state index in [1.165, 1.54) is 13.0 Å². The van der Waals surface area contributed by atoms with Gasteiger partial charge in [-0.25, -0.2) is 13.8 Å². The summed E-state index contributed by atoms with van der Waals surface area (Å²) in [6.45, 7) is 4.73. The van der Waals surface area contributed by atoms with Crippen LogP contribution >= 0.6 is 0 Å². The molecule has 144 valence electrons. The van der Waals surface area contributed by atoms with Crippen LogP contribution in [0.4, 0.5) is 14.6 Å². The van der Waals surface area contributed by atoms with Crippen molar-refractivity contribution in [3.05, 3.63) is 53.7 Å². The third-order valence-corrected chi connectivity index (χ3v) is 4.55. The second-order valence-electron chi connectivity index (χ2n) is 6.69. The predicted octanol–water partition coefficient (Wildman–Crippen LogP) is 3.87. The first kappa shape index (κ1) is 19.1. The smallest absolute Gasteiger partial charge is 0.280 e. The lowest BCUT2D eigenvalue weighted by Crippen LogP contribution is -2.25. The van der Waals surface area contributed by atoms with E-state index in [1.54, 1.807) is 12.1 Å². The number of pyridine rings is 1. The number of rotatable bonds is 6. The Kier molecular flexibility index (Phi) is 5.88. The van der Waals surface area contributed by atoms with Crippen molar-refractivity contribution < 1.29 is 18.3 Å². The van der Waals surface area contributed by atoms with Crippen LogP contribution in [-0.2, 0) is 4.79 Å². The van der Waals surface area contributed by atoms with Crippen LogP contribution in [0, 0.1) is 0 Å². The maximum Gasteiger partial charge on any atom is 0.280 e. The molecule has 1 fully saturated rings. The van der Waals surface area contributed by atoms with Crippen molar-refractivity contribution in [2.75, 3.05) is 18.0 Å². The summed E-state index contributed by atoms with van der Waals surface area (Å²) in [5, 5.41) is 2.84. The normalized spacial score (nSPS) is 17.8. The Bertz CT molecular complexity index is 783. The zero-order chi connectivity index (χ0) is 19.4. The first-order chi connectivity index (χ1) is 12.9. The number of carbonyl (C=O) groups is 1. The van der Waals surface area contributed by atoms with E-state index in [9.17, 15) is 13.6 Å². The quantitative estimate of drug-likeness (QED) is 0.833. The number of hydrogen-bond donors (Lipinski definition) is 1. The maximum atomic E-state index is 12.8. The minimum absolute atomic E-state index is 0.0272. The molecule has 27 heavy (non-hydrogen) atoms. The molecule has 2 heterocycles. The van der Waals surface area contributed by atoms with Gasteiger partial charge in [-0.2, -0.15) is 0 Å². The van der Waals surface area contributed by atoms with Crippen LogP contribution in [0.5, 0.6) is 5.75 Å². The lowest BCUT2D eigenvalue weighted by Gasteiger charge is -2.19. The van der Waals surface area contributed by atoms with E-state index in [2.05, 4.69) is 10.3 Å². The van der Waals surface area contributed by atoms with Gasteiger partial charge in [-0.05, 0) is 36.8 Å². The Hall–Kier alpha value is -2.70. The van der Waals surface area contributed by atoms with Gasteiger partial charge in [0.25, 0.3) is 6.43 Å². The zero-order valence-electron chi connectivity index (χ0n) is 15.4. The molecule has 1 amide bonds. The molecule has 7 heteroatoms. The maximum absolute atomic E-state index is 12.8. The van der Waals surface area contributed by atoms with Gasteiger partial charge in [-0.1, -0.05) is 18.2 Å². The number of nitrogens with one attached hydrogen (secondary N) is 1. The summed E-state index contributed by atoms with van der Waals surface area (Å²) in [5.41, 5.74) is 0.791. The monoisotopic (exact) mass is 375 g/mol. The van der Waals surface area contributed by atoms with E-state index in [-0.39, 0.29) is 23.7 Å². The summed E-state index contributed by atoms with van der Waals surface area (Å²) in [4.78, 5) is 17.1. The highest BCUT2D eigenvalue weighted by Gasteiger charge is 2.25. The summed E-state index contributed by atoms with van der Waals surface area (Å²) in [5.74, 6) is 1.23. The van der Waals surface area contributed by atoms with Gasteiger partial charge in [-0.15, -0.1) is 0 Å². The van der Waals surface area contributed by atoms with Crippen LogP contribution in [-0.4, -0.2) is 30.1 Å². The highest BCUT2D eigenvalue weighted by atomic mass is 19.3. The van der Waals surface area contributed by atoms with Crippen molar-refractivity contribution in [2.24, 2.45) is 0 Å². The van der Waals surface area contributed by atoms with Crippen molar-refractivity contribution in [1.82, 2.24) is 10.3 Å². The van der Waals surface area contributed by atoms with Crippen molar-refractivity contribution >= 4 is 11.7 Å². The summed E-state index contributed by atoms with van der Waals surface area (Å²) in [7, 11) is 0. The number of anilines is 1. The number of halogens is 2. The molecule has 3 rings (SSSR count). The zero-order valence-corrected chi connectivity index (χ0v) is 15.4. The van der Waals surface area contributed by atoms with Crippen LogP contribution in [0.2, 0.25) is 0 Å². The van der Waals surface area contributed by atoms with E-state index in [0.717, 1.165) is 17.7 Å². The van der Waals surface area contributed by atoms with Crippen LogP contribution in [0.3, 0.4) is 0 Å². The van der Waals surface area contributed by atoms with Gasteiger partial charge >= 0.3 is 0 Å². The molecule has 1 aromatic carbocycles.